The first-order valence-electron chi connectivity index (χ1n) is 5.50. The summed E-state index contributed by atoms with van der Waals surface area (Å²) in [5.74, 6) is -1.17. The Balaban J connectivity index is 2.57. The van der Waals surface area contributed by atoms with Crippen molar-refractivity contribution in [2.75, 3.05) is 5.73 Å². The monoisotopic (exact) mass is 258 g/mol. The van der Waals surface area contributed by atoms with Gasteiger partial charge in [-0.3, -0.25) is 4.79 Å². The standard InChI is InChI=1S/C12H10N4O3/c1-15-9-3-2-6(13)4-7(9)11(17)16-10(15)5-8(14-16)12(18)19/h2-5H,13H2,1H3,(H,18,19). The number of carboxylic acids is 1. The summed E-state index contributed by atoms with van der Waals surface area (Å²) in [5, 5.41) is 13.1. The molecule has 96 valence electrons. The van der Waals surface area contributed by atoms with E-state index < -0.39 is 5.97 Å². The molecule has 3 rings (SSSR count). The number of carboxylic acid groups (broad SMARTS) is 1. The molecule has 0 unspecified atom stereocenters. The third kappa shape index (κ3) is 1.48. The van der Waals surface area contributed by atoms with Crippen molar-refractivity contribution in [2.45, 2.75) is 0 Å². The number of rotatable bonds is 1. The molecule has 7 nitrogen and oxygen atoms in total. The Morgan fingerprint density at radius 1 is 1.37 bits per heavy atom. The highest BCUT2D eigenvalue weighted by molar-refractivity contribution is 5.88. The maximum atomic E-state index is 12.3. The Bertz CT molecular complexity index is 891. The van der Waals surface area contributed by atoms with Crippen LogP contribution in [0.5, 0.6) is 0 Å². The molecule has 0 saturated heterocycles. The van der Waals surface area contributed by atoms with Crippen molar-refractivity contribution in [3.05, 3.63) is 40.3 Å². The molecular formula is C12H10N4O3. The summed E-state index contributed by atoms with van der Waals surface area (Å²) < 4.78 is 2.78. The van der Waals surface area contributed by atoms with Gasteiger partial charge < -0.3 is 15.4 Å². The van der Waals surface area contributed by atoms with Crippen molar-refractivity contribution in [2.24, 2.45) is 7.05 Å². The third-order valence-electron chi connectivity index (χ3n) is 3.06. The van der Waals surface area contributed by atoms with Gasteiger partial charge in [0, 0.05) is 18.8 Å². The molecule has 0 spiro atoms. The molecule has 0 radical (unpaired) electrons. The van der Waals surface area contributed by atoms with Gasteiger partial charge in [0.2, 0.25) is 0 Å². The molecule has 0 atom stereocenters. The zero-order valence-electron chi connectivity index (χ0n) is 9.99. The molecule has 0 saturated carbocycles. The Morgan fingerprint density at radius 3 is 2.79 bits per heavy atom. The summed E-state index contributed by atoms with van der Waals surface area (Å²) in [6, 6.07) is 6.32. The normalized spacial score (nSPS) is 11.2. The summed E-state index contributed by atoms with van der Waals surface area (Å²) in [4.78, 5) is 23.2. The van der Waals surface area contributed by atoms with Crippen LogP contribution in [0, 0.1) is 0 Å². The van der Waals surface area contributed by atoms with Crippen LogP contribution >= 0.6 is 0 Å². The Morgan fingerprint density at radius 2 is 2.11 bits per heavy atom. The van der Waals surface area contributed by atoms with Crippen LogP contribution in [-0.4, -0.2) is 25.3 Å². The first-order valence-corrected chi connectivity index (χ1v) is 5.50. The fourth-order valence-corrected chi connectivity index (χ4v) is 2.12. The van der Waals surface area contributed by atoms with Gasteiger partial charge in [0.1, 0.15) is 5.65 Å². The van der Waals surface area contributed by atoms with E-state index in [1.165, 1.54) is 6.07 Å². The number of aromatic carboxylic acids is 1. The van der Waals surface area contributed by atoms with Crippen molar-refractivity contribution >= 4 is 28.2 Å². The van der Waals surface area contributed by atoms with Crippen LogP contribution in [-0.2, 0) is 7.05 Å². The largest absolute Gasteiger partial charge is 0.476 e. The zero-order valence-corrected chi connectivity index (χ0v) is 9.99. The smallest absolute Gasteiger partial charge is 0.356 e. The summed E-state index contributed by atoms with van der Waals surface area (Å²) in [7, 11) is 1.74. The van der Waals surface area contributed by atoms with E-state index in [0.29, 0.717) is 22.2 Å². The van der Waals surface area contributed by atoms with Crippen molar-refractivity contribution in [3.8, 4) is 0 Å². The number of hydrogen-bond donors (Lipinski definition) is 2. The van der Waals surface area contributed by atoms with E-state index in [0.717, 1.165) is 4.52 Å². The van der Waals surface area contributed by atoms with Crippen LogP contribution in [0.2, 0.25) is 0 Å². The van der Waals surface area contributed by atoms with Crippen LogP contribution in [0.3, 0.4) is 0 Å². The lowest BCUT2D eigenvalue weighted by atomic mass is 10.2. The minimum absolute atomic E-state index is 0.170. The Kier molecular flexibility index (Phi) is 2.12. The molecule has 7 heteroatoms. The van der Waals surface area contributed by atoms with E-state index in [1.807, 2.05) is 0 Å². The van der Waals surface area contributed by atoms with Gasteiger partial charge in [-0.15, -0.1) is 0 Å². The van der Waals surface area contributed by atoms with Gasteiger partial charge in [-0.05, 0) is 18.2 Å². The molecule has 0 fully saturated rings. The molecule has 2 heterocycles. The lowest BCUT2D eigenvalue weighted by molar-refractivity contribution is 0.0690. The topological polar surface area (TPSA) is 103 Å². The van der Waals surface area contributed by atoms with Crippen LogP contribution < -0.4 is 11.3 Å². The number of fused-ring (bicyclic) bond motifs is 2. The second-order valence-electron chi connectivity index (χ2n) is 4.25. The first-order chi connectivity index (χ1) is 8.99. The molecule has 3 aromatic rings. The molecule has 3 N–H and O–H groups in total. The summed E-state index contributed by atoms with van der Waals surface area (Å²) >= 11 is 0. The zero-order chi connectivity index (χ0) is 13.7. The average molecular weight is 258 g/mol. The highest BCUT2D eigenvalue weighted by Crippen LogP contribution is 2.16. The van der Waals surface area contributed by atoms with Crippen LogP contribution in [0.25, 0.3) is 16.6 Å². The van der Waals surface area contributed by atoms with Gasteiger partial charge in [-0.2, -0.15) is 9.61 Å². The van der Waals surface area contributed by atoms with Gasteiger partial charge in [0.05, 0.1) is 10.9 Å². The lowest BCUT2D eigenvalue weighted by Gasteiger charge is -2.07. The minimum Gasteiger partial charge on any atom is -0.476 e. The number of nitrogen functional groups attached to an aromatic ring is 1. The molecule has 1 aromatic carbocycles. The quantitative estimate of drug-likeness (QED) is 0.617. The minimum atomic E-state index is -1.17. The molecule has 0 bridgehead atoms. The van der Waals surface area contributed by atoms with Crippen LogP contribution in [0.1, 0.15) is 10.5 Å². The maximum Gasteiger partial charge on any atom is 0.356 e. The van der Waals surface area contributed by atoms with Gasteiger partial charge in [0.25, 0.3) is 5.56 Å². The molecule has 2 aromatic heterocycles. The number of hydrogen-bond acceptors (Lipinski definition) is 4. The van der Waals surface area contributed by atoms with Crippen molar-refractivity contribution < 1.29 is 9.90 Å². The predicted molar refractivity (Wildman–Crippen MR) is 69.3 cm³/mol. The molecule has 0 aliphatic rings. The summed E-state index contributed by atoms with van der Waals surface area (Å²) in [6.45, 7) is 0. The fraction of sp³-hybridized carbons (Fsp3) is 0.0833. The molecular weight excluding hydrogens is 248 g/mol. The molecule has 19 heavy (non-hydrogen) atoms. The van der Waals surface area contributed by atoms with Gasteiger partial charge in [-0.1, -0.05) is 0 Å². The third-order valence-corrected chi connectivity index (χ3v) is 3.06. The van der Waals surface area contributed by atoms with Crippen LogP contribution in [0.15, 0.2) is 29.1 Å². The molecule has 0 aliphatic carbocycles. The highest BCUT2D eigenvalue weighted by atomic mass is 16.4. The van der Waals surface area contributed by atoms with Gasteiger partial charge in [0.15, 0.2) is 5.69 Å². The number of anilines is 1. The van der Waals surface area contributed by atoms with Gasteiger partial charge in [-0.25, -0.2) is 4.79 Å². The SMILES string of the molecule is Cn1c2ccc(N)cc2c(=O)n2nc(C(=O)O)cc12. The summed E-state index contributed by atoms with van der Waals surface area (Å²) in [6.07, 6.45) is 0. The van der Waals surface area contributed by atoms with E-state index in [1.54, 1.807) is 29.8 Å². The molecule has 0 amide bonds. The maximum absolute atomic E-state index is 12.3. The van der Waals surface area contributed by atoms with E-state index in [-0.39, 0.29) is 11.3 Å². The number of nitrogens with zero attached hydrogens (tertiary/aromatic N) is 3. The first kappa shape index (κ1) is 11.3. The fourth-order valence-electron chi connectivity index (χ4n) is 2.12. The summed E-state index contributed by atoms with van der Waals surface area (Å²) in [5.41, 5.74) is 6.67. The van der Waals surface area contributed by atoms with Crippen LogP contribution in [0.4, 0.5) is 5.69 Å². The van der Waals surface area contributed by atoms with Gasteiger partial charge >= 0.3 is 5.97 Å². The Hall–Kier alpha value is -2.83. The number of benzene rings is 1. The lowest BCUT2D eigenvalue weighted by Crippen LogP contribution is -2.18. The number of aromatic nitrogens is 3. The van der Waals surface area contributed by atoms with E-state index >= 15 is 0 Å². The average Bonchev–Trinajstić information content (AvgIpc) is 2.81. The second-order valence-corrected chi connectivity index (χ2v) is 4.25. The van der Waals surface area contributed by atoms with E-state index in [4.69, 9.17) is 10.8 Å². The van der Waals surface area contributed by atoms with Crippen molar-refractivity contribution in [1.82, 2.24) is 14.2 Å². The highest BCUT2D eigenvalue weighted by Gasteiger charge is 2.15. The predicted octanol–water partition coefficient (Wildman–Crippen LogP) is 0.467. The van der Waals surface area contributed by atoms with Crippen molar-refractivity contribution in [1.29, 1.82) is 0 Å². The Labute approximate surface area is 106 Å². The second kappa shape index (κ2) is 3.58. The number of carbonyl (C=O) groups is 1. The number of aryl methyl sites for hydroxylation is 1. The van der Waals surface area contributed by atoms with E-state index in [9.17, 15) is 9.59 Å². The number of nitrogens with two attached hydrogens (primary N) is 1. The molecule has 0 aliphatic heterocycles. The van der Waals surface area contributed by atoms with E-state index in [2.05, 4.69) is 5.10 Å². The van der Waals surface area contributed by atoms with Crippen molar-refractivity contribution in [3.63, 3.8) is 0 Å².